The van der Waals surface area contributed by atoms with Crippen LogP contribution in [0.5, 0.6) is 11.6 Å². The number of hydrogen-bond donors (Lipinski definition) is 2. The lowest BCUT2D eigenvalue weighted by Crippen LogP contribution is -2.56. The Morgan fingerprint density at radius 1 is 1.14 bits per heavy atom. The number of benzene rings is 2. The van der Waals surface area contributed by atoms with Gasteiger partial charge >= 0.3 is 6.03 Å². The van der Waals surface area contributed by atoms with E-state index in [4.69, 9.17) is 25.2 Å². The number of fused-ring (bicyclic) bond motifs is 3. The van der Waals surface area contributed by atoms with Gasteiger partial charge in [0.05, 0.1) is 24.6 Å². The first kappa shape index (κ1) is 29.4. The summed E-state index contributed by atoms with van der Waals surface area (Å²) in [6.07, 6.45) is 6.70. The zero-order valence-corrected chi connectivity index (χ0v) is 25.3. The second-order valence-corrected chi connectivity index (χ2v) is 12.0. The number of methoxy groups -OCH3 is 1. The Balaban J connectivity index is 1.34. The highest BCUT2D eigenvalue weighted by molar-refractivity contribution is 5.97. The fourth-order valence-electron chi connectivity index (χ4n) is 6.26. The Hall–Kier alpha value is -4.67. The lowest BCUT2D eigenvalue weighted by Gasteiger charge is -2.30. The van der Waals surface area contributed by atoms with E-state index in [1.54, 1.807) is 24.0 Å². The number of allylic oxidation sites excluding steroid dienone is 1. The van der Waals surface area contributed by atoms with Crippen LogP contribution in [0, 0.1) is 12.8 Å². The molecule has 0 bridgehead atoms. The number of rotatable bonds is 5. The van der Waals surface area contributed by atoms with Crippen LogP contribution in [0.25, 0.3) is 22.3 Å². The van der Waals surface area contributed by atoms with Crippen LogP contribution in [0.15, 0.2) is 54.6 Å². The predicted octanol–water partition coefficient (Wildman–Crippen LogP) is 3.59. The smallest absolute Gasteiger partial charge is 0.320 e. The second kappa shape index (κ2) is 11.8. The number of nitrogens with two attached hydrogens (primary N) is 1. The average molecular weight is 599 g/mol. The van der Waals surface area contributed by atoms with Gasteiger partial charge in [-0.15, -0.1) is 0 Å². The number of nitrogens with one attached hydrogen (secondary N) is 1. The van der Waals surface area contributed by atoms with Crippen LogP contribution in [0.3, 0.4) is 0 Å². The number of primary amides is 1. The normalized spacial score (nSPS) is 25.6. The average Bonchev–Trinajstić information content (AvgIpc) is 3.56. The van der Waals surface area contributed by atoms with Crippen molar-refractivity contribution < 1.29 is 23.9 Å². The van der Waals surface area contributed by atoms with E-state index in [1.165, 1.54) is 0 Å². The number of aryl methyl sites for hydroxylation is 1. The van der Waals surface area contributed by atoms with Crippen LogP contribution in [0.4, 0.5) is 4.79 Å². The van der Waals surface area contributed by atoms with Crippen molar-refractivity contribution in [2.75, 3.05) is 27.2 Å². The van der Waals surface area contributed by atoms with Crippen LogP contribution in [-0.2, 0) is 9.59 Å². The van der Waals surface area contributed by atoms with E-state index in [0.29, 0.717) is 41.3 Å². The monoisotopic (exact) mass is 598 g/mol. The van der Waals surface area contributed by atoms with Gasteiger partial charge in [-0.2, -0.15) is 4.98 Å². The lowest BCUT2D eigenvalue weighted by molar-refractivity contribution is -0.130. The van der Waals surface area contributed by atoms with E-state index in [2.05, 4.69) is 5.32 Å². The molecule has 1 aromatic heterocycles. The summed E-state index contributed by atoms with van der Waals surface area (Å²) in [7, 11) is 3.36. The third-order valence-corrected chi connectivity index (χ3v) is 8.91. The summed E-state index contributed by atoms with van der Waals surface area (Å²) in [6, 6.07) is 12.3. The zero-order valence-electron chi connectivity index (χ0n) is 25.3. The largest absolute Gasteiger partial charge is 0.496 e. The topological polar surface area (TPSA) is 140 Å². The van der Waals surface area contributed by atoms with Crippen molar-refractivity contribution in [2.24, 2.45) is 11.7 Å². The molecule has 11 heteroatoms. The summed E-state index contributed by atoms with van der Waals surface area (Å²) < 4.78 is 12.1. The minimum absolute atomic E-state index is 0.156. The molecule has 2 aromatic carbocycles. The molecule has 3 aromatic rings. The van der Waals surface area contributed by atoms with Gasteiger partial charge < -0.3 is 30.3 Å². The fraction of sp³-hybridized carbons (Fsp3) is 0.424. The van der Waals surface area contributed by atoms with Gasteiger partial charge in [-0.3, -0.25) is 9.59 Å². The minimum atomic E-state index is -1.14. The molecule has 44 heavy (non-hydrogen) atoms. The molecule has 2 fully saturated rings. The first-order chi connectivity index (χ1) is 21.2. The van der Waals surface area contributed by atoms with Crippen molar-refractivity contribution in [2.45, 2.75) is 56.7 Å². The van der Waals surface area contributed by atoms with Gasteiger partial charge in [-0.1, -0.05) is 42.5 Å². The molecule has 2 aliphatic heterocycles. The second-order valence-electron chi connectivity index (χ2n) is 12.0. The Labute approximate surface area is 256 Å². The number of hydrogen-bond acceptors (Lipinski definition) is 7. The molecule has 3 heterocycles. The minimum Gasteiger partial charge on any atom is -0.496 e. The first-order valence-electron chi connectivity index (χ1n) is 15.1. The predicted molar refractivity (Wildman–Crippen MR) is 165 cm³/mol. The molecule has 0 radical (unpaired) electrons. The summed E-state index contributed by atoms with van der Waals surface area (Å²) in [5.41, 5.74) is 7.01. The molecule has 0 spiro atoms. The summed E-state index contributed by atoms with van der Waals surface area (Å²) in [5, 5.41) is 3.62. The fourth-order valence-corrected chi connectivity index (χ4v) is 6.26. The van der Waals surface area contributed by atoms with Crippen molar-refractivity contribution in [1.82, 2.24) is 25.1 Å². The van der Waals surface area contributed by atoms with Crippen molar-refractivity contribution in [3.8, 4) is 23.0 Å². The first-order valence-corrected chi connectivity index (χ1v) is 15.1. The molecule has 4 atom stereocenters. The maximum atomic E-state index is 13.8. The summed E-state index contributed by atoms with van der Waals surface area (Å²) >= 11 is 0. The Kier molecular flexibility index (Phi) is 7.87. The van der Waals surface area contributed by atoms with Crippen LogP contribution in [0.1, 0.15) is 37.7 Å². The quantitative estimate of drug-likeness (QED) is 0.428. The van der Waals surface area contributed by atoms with E-state index in [0.717, 1.165) is 30.4 Å². The SMILES string of the molecule is COc1cc2nc(-c3ccccc3)nc(OC3CC4C(=O)NC5(C(N)=O)CC5C=CCCCCN(C)C(=O)N4C3)c2cc1C. The van der Waals surface area contributed by atoms with Gasteiger partial charge in [0.1, 0.15) is 23.4 Å². The number of aromatic nitrogens is 2. The maximum Gasteiger partial charge on any atom is 0.320 e. The number of urea groups is 1. The van der Waals surface area contributed by atoms with Gasteiger partial charge in [0.2, 0.25) is 17.7 Å². The van der Waals surface area contributed by atoms with E-state index in [1.807, 2.05) is 61.5 Å². The zero-order chi connectivity index (χ0) is 31.0. The molecular weight excluding hydrogens is 560 g/mol. The molecule has 4 unspecified atom stereocenters. The number of nitrogens with zero attached hydrogens (tertiary/aromatic N) is 4. The van der Waals surface area contributed by atoms with E-state index in [-0.39, 0.29) is 24.9 Å². The maximum absolute atomic E-state index is 13.8. The molecule has 230 valence electrons. The highest BCUT2D eigenvalue weighted by atomic mass is 16.5. The van der Waals surface area contributed by atoms with Gasteiger partial charge in [-0.05, 0) is 44.2 Å². The van der Waals surface area contributed by atoms with Gasteiger partial charge in [-0.25, -0.2) is 9.78 Å². The van der Waals surface area contributed by atoms with E-state index < -0.39 is 29.5 Å². The standard InChI is InChI=1S/C33H38N6O5/c1-20-15-24-25(17-27(20)43-3)35-28(21-11-7-6-8-12-21)36-30(24)44-23-16-26-29(40)37-33(31(34)41)18-22(33)13-9-4-5-10-14-38(2)32(42)39(26)19-23/h6-9,11-13,15,17,22-23,26H,4-5,10,14,16,18-19H2,1-3H3,(H2,34,41)(H,37,40). The van der Waals surface area contributed by atoms with E-state index >= 15 is 0 Å². The van der Waals surface area contributed by atoms with Gasteiger partial charge in [0.15, 0.2) is 5.82 Å². The number of ether oxygens (including phenoxy) is 2. The molecule has 6 rings (SSSR count). The van der Waals surface area contributed by atoms with Gasteiger partial charge in [0.25, 0.3) is 0 Å². The number of carbonyl (C=O) groups is 3. The molecule has 3 N–H and O–H groups in total. The summed E-state index contributed by atoms with van der Waals surface area (Å²) in [4.78, 5) is 52.8. The lowest BCUT2D eigenvalue weighted by atomic mass is 10.1. The molecule has 3 aliphatic rings. The molecule has 1 aliphatic carbocycles. The van der Waals surface area contributed by atoms with Crippen LogP contribution >= 0.6 is 0 Å². The van der Waals surface area contributed by atoms with Crippen molar-refractivity contribution in [3.05, 3.63) is 60.2 Å². The number of carbonyl (C=O) groups excluding carboxylic acids is 3. The van der Waals surface area contributed by atoms with Crippen LogP contribution in [-0.4, -0.2) is 82.5 Å². The molecule has 1 saturated heterocycles. The van der Waals surface area contributed by atoms with Crippen LogP contribution < -0.4 is 20.5 Å². The third kappa shape index (κ3) is 5.54. The highest BCUT2D eigenvalue weighted by Crippen LogP contribution is 2.45. The summed E-state index contributed by atoms with van der Waals surface area (Å²) in [6.45, 7) is 2.68. The summed E-state index contributed by atoms with van der Waals surface area (Å²) in [5.74, 6) is 0.400. The number of amides is 4. The third-order valence-electron chi connectivity index (χ3n) is 8.91. The van der Waals surface area contributed by atoms with Gasteiger partial charge in [0, 0.05) is 37.6 Å². The molecule has 4 amide bonds. The highest BCUT2D eigenvalue weighted by Gasteiger charge is 2.60. The Bertz CT molecular complexity index is 1630. The molecular formula is C33H38N6O5. The Morgan fingerprint density at radius 2 is 1.93 bits per heavy atom. The van der Waals surface area contributed by atoms with Crippen molar-refractivity contribution in [1.29, 1.82) is 0 Å². The van der Waals surface area contributed by atoms with Crippen LogP contribution in [0.2, 0.25) is 0 Å². The molecule has 11 nitrogen and oxygen atoms in total. The van der Waals surface area contributed by atoms with Crippen molar-refractivity contribution in [3.63, 3.8) is 0 Å². The van der Waals surface area contributed by atoms with Crippen molar-refractivity contribution >= 4 is 28.7 Å². The van der Waals surface area contributed by atoms with E-state index in [9.17, 15) is 14.4 Å². The molecule has 1 saturated carbocycles. The Morgan fingerprint density at radius 3 is 2.68 bits per heavy atom.